The minimum Gasteiger partial charge on any atom is -0.378 e. The Morgan fingerprint density at radius 1 is 1.17 bits per heavy atom. The first-order valence-corrected chi connectivity index (χ1v) is 10.7. The van der Waals surface area contributed by atoms with E-state index in [9.17, 15) is 4.79 Å². The van der Waals surface area contributed by atoms with Gasteiger partial charge in [0.25, 0.3) is 0 Å². The molecule has 0 saturated heterocycles. The smallest absolute Gasteiger partial charge is 0.237 e. The Hall–Kier alpha value is -2.51. The fraction of sp³-hybridized carbons (Fsp3) is 0.286. The number of aryl methyl sites for hydroxylation is 1. The van der Waals surface area contributed by atoms with Crippen molar-refractivity contribution in [1.29, 1.82) is 0 Å². The van der Waals surface area contributed by atoms with E-state index in [-0.39, 0.29) is 11.2 Å². The molecule has 3 aromatic rings. The molecule has 6 nitrogen and oxygen atoms in total. The summed E-state index contributed by atoms with van der Waals surface area (Å²) < 4.78 is 2.01. The lowest BCUT2D eigenvalue weighted by molar-refractivity contribution is -0.115. The molecule has 3 rings (SSSR count). The third-order valence-corrected chi connectivity index (χ3v) is 5.91. The van der Waals surface area contributed by atoms with Gasteiger partial charge in [-0.1, -0.05) is 47.6 Å². The van der Waals surface area contributed by atoms with E-state index in [2.05, 4.69) is 20.8 Å². The van der Waals surface area contributed by atoms with Gasteiger partial charge >= 0.3 is 0 Å². The van der Waals surface area contributed by atoms with Crippen LogP contribution in [0, 0.1) is 6.92 Å². The Labute approximate surface area is 180 Å². The molecular formula is C21H24ClN5OS. The fourth-order valence-corrected chi connectivity index (χ4v) is 3.83. The molecule has 8 heteroatoms. The van der Waals surface area contributed by atoms with Gasteiger partial charge in [0.15, 0.2) is 11.0 Å². The number of para-hydroxylation sites is 1. The molecule has 1 aromatic heterocycles. The minimum atomic E-state index is -0.304. The van der Waals surface area contributed by atoms with E-state index in [0.717, 1.165) is 32.9 Å². The predicted molar refractivity (Wildman–Crippen MR) is 120 cm³/mol. The lowest BCUT2D eigenvalue weighted by atomic mass is 10.2. The van der Waals surface area contributed by atoms with E-state index in [0.29, 0.717) is 13.1 Å². The summed E-state index contributed by atoms with van der Waals surface area (Å²) in [4.78, 5) is 12.5. The molecule has 29 heavy (non-hydrogen) atoms. The first-order chi connectivity index (χ1) is 14.0. The molecule has 0 aliphatic rings. The van der Waals surface area contributed by atoms with Crippen molar-refractivity contribution >= 4 is 40.6 Å². The van der Waals surface area contributed by atoms with Gasteiger partial charge in [0.05, 0.1) is 11.8 Å². The predicted octanol–water partition coefficient (Wildman–Crippen LogP) is 4.99. The maximum atomic E-state index is 12.5. The summed E-state index contributed by atoms with van der Waals surface area (Å²) in [5.41, 5.74) is 2.75. The third kappa shape index (κ3) is 5.52. The van der Waals surface area contributed by atoms with Crippen molar-refractivity contribution in [3.05, 3.63) is 64.9 Å². The van der Waals surface area contributed by atoms with Crippen LogP contribution < -0.4 is 10.6 Å². The molecule has 0 unspecified atom stereocenters. The second-order valence-electron chi connectivity index (χ2n) is 6.58. The van der Waals surface area contributed by atoms with Crippen LogP contribution in [0.25, 0.3) is 0 Å². The molecule has 152 valence electrons. The minimum absolute atomic E-state index is 0.0687. The number of aromatic nitrogens is 3. The molecule has 0 aliphatic carbocycles. The number of rotatable bonds is 8. The van der Waals surface area contributed by atoms with Crippen molar-refractivity contribution in [2.24, 2.45) is 0 Å². The Kier molecular flexibility index (Phi) is 7.17. The van der Waals surface area contributed by atoms with Gasteiger partial charge in [-0.2, -0.15) is 0 Å². The summed E-state index contributed by atoms with van der Waals surface area (Å²) in [5, 5.41) is 16.0. The van der Waals surface area contributed by atoms with Crippen molar-refractivity contribution in [3.63, 3.8) is 0 Å². The molecule has 0 aliphatic heterocycles. The van der Waals surface area contributed by atoms with Gasteiger partial charge in [0.2, 0.25) is 5.91 Å². The summed E-state index contributed by atoms with van der Waals surface area (Å²) in [6, 6.07) is 15.3. The average molecular weight is 430 g/mol. The number of thioether (sulfide) groups is 1. The Morgan fingerprint density at radius 2 is 1.93 bits per heavy atom. The summed E-state index contributed by atoms with van der Waals surface area (Å²) in [6.07, 6.45) is 0. The number of anilines is 2. The molecule has 0 fully saturated rings. The van der Waals surface area contributed by atoms with Crippen molar-refractivity contribution in [2.45, 2.75) is 44.3 Å². The van der Waals surface area contributed by atoms with Crippen LogP contribution in [0.2, 0.25) is 5.02 Å². The van der Waals surface area contributed by atoms with Crippen molar-refractivity contribution in [1.82, 2.24) is 14.8 Å². The molecule has 0 radical (unpaired) electrons. The Bertz CT molecular complexity index is 976. The maximum absolute atomic E-state index is 12.5. The quantitative estimate of drug-likeness (QED) is 0.493. The van der Waals surface area contributed by atoms with E-state index in [1.165, 1.54) is 11.8 Å². The molecule has 1 amide bonds. The van der Waals surface area contributed by atoms with Gasteiger partial charge in [0.1, 0.15) is 0 Å². The molecule has 0 spiro atoms. The number of halogens is 1. The van der Waals surface area contributed by atoms with Crippen LogP contribution in [0.15, 0.2) is 53.7 Å². The Morgan fingerprint density at radius 3 is 2.62 bits per heavy atom. The molecule has 2 aromatic carbocycles. The van der Waals surface area contributed by atoms with E-state index < -0.39 is 0 Å². The van der Waals surface area contributed by atoms with Crippen molar-refractivity contribution in [2.75, 3.05) is 10.6 Å². The van der Waals surface area contributed by atoms with Crippen LogP contribution >= 0.6 is 23.4 Å². The lowest BCUT2D eigenvalue weighted by Gasteiger charge is -2.13. The van der Waals surface area contributed by atoms with Crippen LogP contribution in [0.1, 0.15) is 25.2 Å². The van der Waals surface area contributed by atoms with Gasteiger partial charge < -0.3 is 15.2 Å². The first kappa shape index (κ1) is 21.2. The number of carbonyl (C=O) groups excluding carboxylic acids is 1. The van der Waals surface area contributed by atoms with Gasteiger partial charge in [-0.25, -0.2) is 0 Å². The van der Waals surface area contributed by atoms with Crippen LogP contribution in [0.3, 0.4) is 0 Å². The molecule has 0 bridgehead atoms. The zero-order valence-electron chi connectivity index (χ0n) is 16.6. The first-order valence-electron chi connectivity index (χ1n) is 9.42. The number of hydrogen-bond acceptors (Lipinski definition) is 5. The number of hydrogen-bond donors (Lipinski definition) is 2. The topological polar surface area (TPSA) is 71.8 Å². The highest BCUT2D eigenvalue weighted by molar-refractivity contribution is 8.00. The van der Waals surface area contributed by atoms with E-state index in [1.807, 2.05) is 73.9 Å². The highest BCUT2D eigenvalue weighted by atomic mass is 35.5. The molecular weight excluding hydrogens is 406 g/mol. The average Bonchev–Trinajstić information content (AvgIpc) is 3.11. The van der Waals surface area contributed by atoms with Crippen LogP contribution in [0.4, 0.5) is 11.4 Å². The van der Waals surface area contributed by atoms with E-state index in [4.69, 9.17) is 11.6 Å². The lowest BCUT2D eigenvalue weighted by Crippen LogP contribution is -2.23. The van der Waals surface area contributed by atoms with Gasteiger partial charge in [-0.3, -0.25) is 4.79 Å². The van der Waals surface area contributed by atoms with E-state index >= 15 is 0 Å². The normalized spacial score (nSPS) is 11.9. The summed E-state index contributed by atoms with van der Waals surface area (Å²) in [5.74, 6) is 0.739. The standard InChI is InChI=1S/C21H24ClN5OS/c1-4-27-19(13-23-17-11-10-14(2)18(22)12-17)25-26-21(27)29-15(3)20(28)24-16-8-6-5-7-9-16/h5-12,15,23H,4,13H2,1-3H3,(H,24,28)/t15-/m0/s1. The number of carbonyl (C=O) groups is 1. The van der Waals surface area contributed by atoms with Crippen LogP contribution in [-0.2, 0) is 17.9 Å². The summed E-state index contributed by atoms with van der Waals surface area (Å²) >= 11 is 7.59. The largest absolute Gasteiger partial charge is 0.378 e. The highest BCUT2D eigenvalue weighted by Crippen LogP contribution is 2.24. The second kappa shape index (κ2) is 9.80. The Balaban J connectivity index is 1.63. The SMILES string of the molecule is CCn1c(CNc2ccc(C)c(Cl)c2)nnc1S[C@@H](C)C(=O)Nc1ccccc1. The zero-order valence-corrected chi connectivity index (χ0v) is 18.2. The molecule has 2 N–H and O–H groups in total. The number of amides is 1. The fourth-order valence-electron chi connectivity index (χ4n) is 2.72. The summed E-state index contributed by atoms with van der Waals surface area (Å²) in [7, 11) is 0. The number of nitrogens with one attached hydrogen (secondary N) is 2. The van der Waals surface area contributed by atoms with Crippen LogP contribution in [-0.4, -0.2) is 25.9 Å². The monoisotopic (exact) mass is 429 g/mol. The van der Waals surface area contributed by atoms with Gasteiger partial charge in [0, 0.05) is 22.9 Å². The number of nitrogens with zero attached hydrogens (tertiary/aromatic N) is 3. The summed E-state index contributed by atoms with van der Waals surface area (Å²) in [6.45, 7) is 7.11. The maximum Gasteiger partial charge on any atom is 0.237 e. The van der Waals surface area contributed by atoms with Gasteiger partial charge in [-0.05, 0) is 50.6 Å². The number of benzene rings is 2. The van der Waals surface area contributed by atoms with Crippen LogP contribution in [0.5, 0.6) is 0 Å². The van der Waals surface area contributed by atoms with E-state index in [1.54, 1.807) is 0 Å². The second-order valence-corrected chi connectivity index (χ2v) is 8.29. The van der Waals surface area contributed by atoms with Crippen molar-refractivity contribution in [3.8, 4) is 0 Å². The van der Waals surface area contributed by atoms with Crippen molar-refractivity contribution < 1.29 is 4.79 Å². The zero-order chi connectivity index (χ0) is 20.8. The van der Waals surface area contributed by atoms with Gasteiger partial charge in [-0.15, -0.1) is 10.2 Å². The molecule has 1 atom stereocenters. The third-order valence-electron chi connectivity index (χ3n) is 4.42. The highest BCUT2D eigenvalue weighted by Gasteiger charge is 2.19. The molecule has 0 saturated carbocycles. The molecule has 1 heterocycles.